The Balaban J connectivity index is 0.00000182. The smallest absolute Gasteiger partial charge is 0.241 e. The molecule has 1 aromatic heterocycles. The molecule has 0 spiro atoms. The van der Waals surface area contributed by atoms with Gasteiger partial charge in [-0.25, -0.2) is 0 Å². The number of nitrogens with two attached hydrogens (primary N) is 1. The van der Waals surface area contributed by atoms with Crippen LogP contribution in [0.5, 0.6) is 0 Å². The molecular formula is C20H26Cl2N4O. The van der Waals surface area contributed by atoms with Crippen LogP contribution in [0.2, 0.25) is 0 Å². The lowest BCUT2D eigenvalue weighted by atomic mass is 10.0. The third kappa shape index (κ3) is 5.97. The predicted octanol–water partition coefficient (Wildman–Crippen LogP) is 3.58. The zero-order valence-corrected chi connectivity index (χ0v) is 17.1. The minimum Gasteiger partial charge on any atom is -0.361 e. The first-order valence-corrected chi connectivity index (χ1v) is 8.38. The third-order valence-corrected chi connectivity index (χ3v) is 4.14. The number of nitrogens with zero attached hydrogens (tertiary/aromatic N) is 1. The lowest BCUT2D eigenvalue weighted by Crippen LogP contribution is -2.37. The minimum atomic E-state index is -0.600. The van der Waals surface area contributed by atoms with Gasteiger partial charge in [-0.15, -0.1) is 24.8 Å². The molecule has 0 unspecified atom stereocenters. The van der Waals surface area contributed by atoms with E-state index in [9.17, 15) is 4.79 Å². The number of halogens is 2. The fraction of sp³-hybridized carbons (Fsp3) is 0.250. The van der Waals surface area contributed by atoms with Gasteiger partial charge in [0.1, 0.15) is 0 Å². The second-order valence-electron chi connectivity index (χ2n) is 6.60. The van der Waals surface area contributed by atoms with Crippen molar-refractivity contribution < 1.29 is 4.79 Å². The Hall–Kier alpha value is -2.05. The number of aromatic nitrogens is 1. The van der Waals surface area contributed by atoms with Gasteiger partial charge in [0.25, 0.3) is 0 Å². The summed E-state index contributed by atoms with van der Waals surface area (Å²) >= 11 is 0. The van der Waals surface area contributed by atoms with Crippen LogP contribution in [0.1, 0.15) is 11.1 Å². The van der Waals surface area contributed by atoms with E-state index in [2.05, 4.69) is 15.2 Å². The lowest BCUT2D eigenvalue weighted by Gasteiger charge is -2.14. The Morgan fingerprint density at radius 3 is 2.63 bits per heavy atom. The van der Waals surface area contributed by atoms with Crippen LogP contribution in [0, 0.1) is 0 Å². The highest BCUT2D eigenvalue weighted by Gasteiger charge is 2.16. The van der Waals surface area contributed by atoms with E-state index < -0.39 is 6.04 Å². The number of fused-ring (bicyclic) bond motifs is 1. The summed E-state index contributed by atoms with van der Waals surface area (Å²) in [5.74, 6) is -0.174. The van der Waals surface area contributed by atoms with Crippen molar-refractivity contribution in [2.24, 2.45) is 5.73 Å². The molecule has 0 radical (unpaired) electrons. The molecule has 0 aliphatic heterocycles. The maximum absolute atomic E-state index is 12.5. The number of amides is 1. The molecule has 0 bridgehead atoms. The second kappa shape index (κ2) is 10.3. The van der Waals surface area contributed by atoms with E-state index in [1.165, 1.54) is 0 Å². The van der Waals surface area contributed by atoms with Crippen LogP contribution in [0.25, 0.3) is 10.9 Å². The normalized spacial score (nSPS) is 11.6. The Bertz CT molecular complexity index is 879. The van der Waals surface area contributed by atoms with Crippen LogP contribution in [0.15, 0.2) is 54.7 Å². The quantitative estimate of drug-likeness (QED) is 0.583. The Morgan fingerprint density at radius 1 is 1.15 bits per heavy atom. The number of anilines is 1. The molecule has 146 valence electrons. The summed E-state index contributed by atoms with van der Waals surface area (Å²) in [4.78, 5) is 17.8. The van der Waals surface area contributed by atoms with E-state index in [-0.39, 0.29) is 30.7 Å². The summed E-state index contributed by atoms with van der Waals surface area (Å²) in [6.07, 6.45) is 2.42. The van der Waals surface area contributed by atoms with Gasteiger partial charge in [-0.05, 0) is 49.8 Å². The van der Waals surface area contributed by atoms with Crippen molar-refractivity contribution in [3.63, 3.8) is 0 Å². The van der Waals surface area contributed by atoms with Gasteiger partial charge in [0, 0.05) is 29.3 Å². The summed E-state index contributed by atoms with van der Waals surface area (Å²) in [5.41, 5.74) is 10.2. The van der Waals surface area contributed by atoms with Gasteiger partial charge in [0.15, 0.2) is 0 Å². The monoisotopic (exact) mass is 408 g/mol. The van der Waals surface area contributed by atoms with Crippen molar-refractivity contribution in [3.8, 4) is 0 Å². The first-order valence-electron chi connectivity index (χ1n) is 8.38. The van der Waals surface area contributed by atoms with E-state index in [0.29, 0.717) is 6.42 Å². The maximum atomic E-state index is 12.5. The van der Waals surface area contributed by atoms with E-state index in [4.69, 9.17) is 5.73 Å². The molecular weight excluding hydrogens is 383 g/mol. The van der Waals surface area contributed by atoms with Crippen LogP contribution in [-0.4, -0.2) is 35.9 Å². The molecule has 0 aliphatic rings. The topological polar surface area (TPSA) is 74.2 Å². The van der Waals surface area contributed by atoms with Gasteiger partial charge in [0.2, 0.25) is 5.91 Å². The number of hydrogen-bond donors (Lipinski definition) is 3. The molecule has 27 heavy (non-hydrogen) atoms. The van der Waals surface area contributed by atoms with Crippen LogP contribution in [-0.2, 0) is 17.8 Å². The number of carbonyl (C=O) groups is 1. The summed E-state index contributed by atoms with van der Waals surface area (Å²) in [5, 5.41) is 4.03. The molecule has 1 atom stereocenters. The number of benzene rings is 2. The SMILES string of the molecule is CN(C)Cc1cccc(NC(=O)[C@@H](N)Cc2c[nH]c3ccccc23)c1.Cl.Cl. The van der Waals surface area contributed by atoms with Crippen molar-refractivity contribution in [2.45, 2.75) is 19.0 Å². The minimum absolute atomic E-state index is 0. The van der Waals surface area contributed by atoms with E-state index in [1.807, 2.05) is 68.8 Å². The predicted molar refractivity (Wildman–Crippen MR) is 117 cm³/mol. The molecule has 0 saturated heterocycles. The van der Waals surface area contributed by atoms with E-state index >= 15 is 0 Å². The first-order chi connectivity index (χ1) is 12.0. The first kappa shape index (κ1) is 23.0. The Morgan fingerprint density at radius 2 is 1.89 bits per heavy atom. The molecule has 4 N–H and O–H groups in total. The van der Waals surface area contributed by atoms with E-state index in [0.717, 1.165) is 34.3 Å². The van der Waals surface area contributed by atoms with Crippen molar-refractivity contribution >= 4 is 47.3 Å². The number of H-pyrrole nitrogens is 1. The number of aromatic amines is 1. The Labute approximate surface area is 172 Å². The Kier molecular flexibility index (Phi) is 8.79. The van der Waals surface area contributed by atoms with Crippen molar-refractivity contribution in [3.05, 3.63) is 65.9 Å². The fourth-order valence-corrected chi connectivity index (χ4v) is 2.98. The van der Waals surface area contributed by atoms with Crippen LogP contribution in [0.3, 0.4) is 0 Å². The zero-order chi connectivity index (χ0) is 17.8. The molecule has 0 aliphatic carbocycles. The molecule has 3 aromatic rings. The van der Waals surface area contributed by atoms with Gasteiger partial charge in [0.05, 0.1) is 6.04 Å². The van der Waals surface area contributed by atoms with Crippen LogP contribution >= 0.6 is 24.8 Å². The van der Waals surface area contributed by atoms with Crippen LogP contribution in [0.4, 0.5) is 5.69 Å². The third-order valence-electron chi connectivity index (χ3n) is 4.14. The van der Waals surface area contributed by atoms with Crippen LogP contribution < -0.4 is 11.1 Å². The highest BCUT2D eigenvalue weighted by Crippen LogP contribution is 2.19. The molecule has 5 nitrogen and oxygen atoms in total. The molecule has 3 rings (SSSR count). The van der Waals surface area contributed by atoms with E-state index in [1.54, 1.807) is 0 Å². The molecule has 0 fully saturated rings. The van der Waals surface area contributed by atoms with Gasteiger partial charge in [-0.2, -0.15) is 0 Å². The highest BCUT2D eigenvalue weighted by atomic mass is 35.5. The molecule has 0 saturated carbocycles. The highest BCUT2D eigenvalue weighted by molar-refractivity contribution is 5.95. The standard InChI is InChI=1S/C20H24N4O.2ClH/c1-24(2)13-14-6-5-7-16(10-14)23-20(25)18(21)11-15-12-22-19-9-4-3-8-17(15)19;;/h3-10,12,18,22H,11,13,21H2,1-2H3,(H,23,25);2*1H/t18-;;/m0../s1. The summed E-state index contributed by atoms with van der Waals surface area (Å²) < 4.78 is 0. The van der Waals surface area contributed by atoms with Crippen molar-refractivity contribution in [1.29, 1.82) is 0 Å². The molecule has 1 amide bonds. The summed E-state index contributed by atoms with van der Waals surface area (Å²) in [7, 11) is 4.03. The number of rotatable bonds is 6. The zero-order valence-electron chi connectivity index (χ0n) is 15.4. The van der Waals surface area contributed by atoms with Gasteiger partial charge >= 0.3 is 0 Å². The largest absolute Gasteiger partial charge is 0.361 e. The van der Waals surface area contributed by atoms with Crippen molar-refractivity contribution in [2.75, 3.05) is 19.4 Å². The number of para-hydroxylation sites is 1. The number of carbonyl (C=O) groups excluding carboxylic acids is 1. The van der Waals surface area contributed by atoms with Gasteiger partial charge in [-0.3, -0.25) is 4.79 Å². The average molecular weight is 409 g/mol. The average Bonchev–Trinajstić information content (AvgIpc) is 2.98. The maximum Gasteiger partial charge on any atom is 0.241 e. The molecule has 7 heteroatoms. The fourth-order valence-electron chi connectivity index (χ4n) is 2.98. The number of hydrogen-bond acceptors (Lipinski definition) is 3. The summed E-state index contributed by atoms with van der Waals surface area (Å²) in [6, 6.07) is 15.3. The second-order valence-corrected chi connectivity index (χ2v) is 6.60. The molecule has 1 heterocycles. The van der Waals surface area contributed by atoms with Gasteiger partial charge < -0.3 is 20.9 Å². The van der Waals surface area contributed by atoms with Gasteiger partial charge in [-0.1, -0.05) is 30.3 Å². The molecule has 2 aromatic carbocycles. The lowest BCUT2D eigenvalue weighted by molar-refractivity contribution is -0.117. The summed E-state index contributed by atoms with van der Waals surface area (Å²) in [6.45, 7) is 0.825. The number of nitrogens with one attached hydrogen (secondary N) is 2. The van der Waals surface area contributed by atoms with Crippen molar-refractivity contribution in [1.82, 2.24) is 9.88 Å².